The van der Waals surface area contributed by atoms with E-state index in [2.05, 4.69) is 22.0 Å². The third-order valence-corrected chi connectivity index (χ3v) is 6.68. The average molecular weight is 463 g/mol. The first-order valence-electron chi connectivity index (χ1n) is 11.5. The molecule has 33 heavy (non-hydrogen) atoms. The van der Waals surface area contributed by atoms with Crippen LogP contribution in [0.4, 0.5) is 5.95 Å². The molecule has 3 heterocycles. The van der Waals surface area contributed by atoms with Crippen molar-refractivity contribution in [3.63, 3.8) is 0 Å². The van der Waals surface area contributed by atoms with E-state index in [-0.39, 0.29) is 11.8 Å². The number of benzene rings is 2. The van der Waals surface area contributed by atoms with Gasteiger partial charge in [-0.05, 0) is 43.5 Å². The largest absolute Gasteiger partial charge is 0.340 e. The fourth-order valence-corrected chi connectivity index (χ4v) is 4.90. The summed E-state index contributed by atoms with van der Waals surface area (Å²) in [5.74, 6) is 1.68. The molecule has 170 valence electrons. The van der Waals surface area contributed by atoms with Crippen LogP contribution >= 0.6 is 11.6 Å². The van der Waals surface area contributed by atoms with E-state index in [0.717, 1.165) is 59.8 Å². The van der Waals surface area contributed by atoms with Crippen molar-refractivity contribution >= 4 is 40.0 Å². The Kier molecular flexibility index (Phi) is 5.89. The fourth-order valence-electron chi connectivity index (χ4n) is 4.73. The maximum atomic E-state index is 13.4. The van der Waals surface area contributed by atoms with Crippen molar-refractivity contribution in [3.05, 3.63) is 64.9 Å². The zero-order valence-corrected chi connectivity index (χ0v) is 19.7. The van der Waals surface area contributed by atoms with Gasteiger partial charge in [0.1, 0.15) is 5.82 Å². The molecule has 1 aliphatic heterocycles. The zero-order valence-electron chi connectivity index (χ0n) is 18.9. The first-order chi connectivity index (χ1) is 16.1. The summed E-state index contributed by atoms with van der Waals surface area (Å²) in [5.41, 5.74) is 2.65. The van der Waals surface area contributed by atoms with Gasteiger partial charge in [-0.2, -0.15) is 0 Å². The Morgan fingerprint density at radius 3 is 2.67 bits per heavy atom. The molecule has 0 aliphatic carbocycles. The Bertz CT molecular complexity index is 1300. The summed E-state index contributed by atoms with van der Waals surface area (Å²) in [6, 6.07) is 15.7. The SMILES string of the molecule is CC[C@H](C(=O)N1CCCN(c2nc3cc(Cl)ccc3c3nnc(C)n23)CC1)c1ccccc1. The molecule has 0 bridgehead atoms. The van der Waals surface area contributed by atoms with E-state index >= 15 is 0 Å². The van der Waals surface area contributed by atoms with Gasteiger partial charge in [0, 0.05) is 36.6 Å². The van der Waals surface area contributed by atoms with E-state index < -0.39 is 0 Å². The molecule has 8 heteroatoms. The lowest BCUT2D eigenvalue weighted by Gasteiger charge is -2.26. The van der Waals surface area contributed by atoms with Gasteiger partial charge in [0.15, 0.2) is 5.65 Å². The number of carbonyl (C=O) groups excluding carboxylic acids is 1. The van der Waals surface area contributed by atoms with Crippen LogP contribution in [0.1, 0.15) is 37.1 Å². The van der Waals surface area contributed by atoms with Crippen LogP contribution in [0, 0.1) is 6.92 Å². The lowest BCUT2D eigenvalue weighted by atomic mass is 9.95. The van der Waals surface area contributed by atoms with E-state index in [0.29, 0.717) is 18.1 Å². The minimum Gasteiger partial charge on any atom is -0.340 e. The lowest BCUT2D eigenvalue weighted by molar-refractivity contribution is -0.132. The van der Waals surface area contributed by atoms with Gasteiger partial charge in [-0.3, -0.25) is 4.79 Å². The van der Waals surface area contributed by atoms with Crippen molar-refractivity contribution in [1.29, 1.82) is 0 Å². The molecule has 0 N–H and O–H groups in total. The molecular formula is C25H27ClN6O. The number of anilines is 1. The molecular weight excluding hydrogens is 436 g/mol. The summed E-state index contributed by atoms with van der Waals surface area (Å²) in [4.78, 5) is 22.6. The normalized spacial score (nSPS) is 15.7. The Morgan fingerprint density at radius 2 is 1.88 bits per heavy atom. The predicted molar refractivity (Wildman–Crippen MR) is 131 cm³/mol. The highest BCUT2D eigenvalue weighted by atomic mass is 35.5. The number of fused-ring (bicyclic) bond motifs is 3. The first-order valence-corrected chi connectivity index (χ1v) is 11.8. The summed E-state index contributed by atoms with van der Waals surface area (Å²) in [6.07, 6.45) is 1.66. The molecule has 7 nitrogen and oxygen atoms in total. The molecule has 1 saturated heterocycles. The van der Waals surface area contributed by atoms with Crippen LogP contribution in [-0.2, 0) is 4.79 Å². The zero-order chi connectivity index (χ0) is 22.9. The highest BCUT2D eigenvalue weighted by Crippen LogP contribution is 2.28. The van der Waals surface area contributed by atoms with Crippen LogP contribution in [0.25, 0.3) is 16.6 Å². The number of carbonyl (C=O) groups is 1. The Labute approximate surface area is 198 Å². The minimum absolute atomic E-state index is 0.106. The third kappa shape index (κ3) is 4.02. The second-order valence-electron chi connectivity index (χ2n) is 8.52. The molecule has 2 aromatic heterocycles. The molecule has 2 aromatic carbocycles. The van der Waals surface area contributed by atoms with Crippen LogP contribution in [-0.4, -0.2) is 56.6 Å². The molecule has 1 aliphatic rings. The number of rotatable bonds is 4. The van der Waals surface area contributed by atoms with Gasteiger partial charge in [-0.15, -0.1) is 10.2 Å². The number of halogens is 1. The Morgan fingerprint density at radius 1 is 1.06 bits per heavy atom. The van der Waals surface area contributed by atoms with Gasteiger partial charge in [-0.1, -0.05) is 48.9 Å². The highest BCUT2D eigenvalue weighted by molar-refractivity contribution is 6.31. The number of hydrogen-bond acceptors (Lipinski definition) is 5. The smallest absolute Gasteiger partial charge is 0.230 e. The summed E-state index contributed by atoms with van der Waals surface area (Å²) < 4.78 is 2.01. The van der Waals surface area contributed by atoms with Gasteiger partial charge in [-0.25, -0.2) is 9.38 Å². The van der Waals surface area contributed by atoms with Gasteiger partial charge in [0.2, 0.25) is 11.9 Å². The van der Waals surface area contributed by atoms with Crippen molar-refractivity contribution in [3.8, 4) is 0 Å². The van der Waals surface area contributed by atoms with E-state index in [1.807, 2.05) is 64.8 Å². The lowest BCUT2D eigenvalue weighted by Crippen LogP contribution is -2.38. The maximum Gasteiger partial charge on any atom is 0.230 e. The second-order valence-corrected chi connectivity index (χ2v) is 8.95. The third-order valence-electron chi connectivity index (χ3n) is 6.44. The number of hydrogen-bond donors (Lipinski definition) is 0. The second kappa shape index (κ2) is 8.98. The number of aryl methyl sites for hydroxylation is 1. The maximum absolute atomic E-state index is 13.4. The predicted octanol–water partition coefficient (Wildman–Crippen LogP) is 4.47. The molecule has 1 atom stereocenters. The molecule has 0 unspecified atom stereocenters. The standard InChI is InChI=1S/C25H27ClN6O/c1-3-20(18-8-5-4-6-9-18)24(33)30-12-7-13-31(15-14-30)25-27-22-16-19(26)10-11-21(22)23-29-28-17(2)32(23)25/h4-6,8-11,16,20H,3,7,12-15H2,1-2H3/t20-/m0/s1. The molecule has 0 spiro atoms. The fraction of sp³-hybridized carbons (Fsp3) is 0.360. The van der Waals surface area contributed by atoms with Crippen molar-refractivity contribution in [1.82, 2.24) is 24.5 Å². The van der Waals surface area contributed by atoms with Gasteiger partial charge >= 0.3 is 0 Å². The van der Waals surface area contributed by atoms with Crippen LogP contribution in [0.5, 0.6) is 0 Å². The topological polar surface area (TPSA) is 66.6 Å². The summed E-state index contributed by atoms with van der Waals surface area (Å²) in [7, 11) is 0. The Balaban J connectivity index is 1.44. The molecule has 1 amide bonds. The average Bonchev–Trinajstić information content (AvgIpc) is 3.05. The molecule has 5 rings (SSSR count). The summed E-state index contributed by atoms with van der Waals surface area (Å²) in [5, 5.41) is 10.3. The number of aromatic nitrogens is 4. The quantitative estimate of drug-likeness (QED) is 0.447. The van der Waals surface area contributed by atoms with Crippen molar-refractivity contribution in [2.45, 2.75) is 32.6 Å². The molecule has 0 radical (unpaired) electrons. The van der Waals surface area contributed by atoms with Gasteiger partial charge < -0.3 is 9.80 Å². The minimum atomic E-state index is -0.106. The van der Waals surface area contributed by atoms with Gasteiger partial charge in [0.25, 0.3) is 0 Å². The van der Waals surface area contributed by atoms with E-state index in [1.54, 1.807) is 0 Å². The van der Waals surface area contributed by atoms with Crippen molar-refractivity contribution in [2.24, 2.45) is 0 Å². The Hall–Kier alpha value is -3.19. The van der Waals surface area contributed by atoms with Crippen LogP contribution < -0.4 is 4.90 Å². The summed E-state index contributed by atoms with van der Waals surface area (Å²) >= 11 is 6.25. The molecule has 1 fully saturated rings. The monoisotopic (exact) mass is 462 g/mol. The van der Waals surface area contributed by atoms with Crippen LogP contribution in [0.3, 0.4) is 0 Å². The van der Waals surface area contributed by atoms with Crippen LogP contribution in [0.15, 0.2) is 48.5 Å². The van der Waals surface area contributed by atoms with Crippen molar-refractivity contribution < 1.29 is 4.79 Å². The van der Waals surface area contributed by atoms with Crippen LogP contribution in [0.2, 0.25) is 5.02 Å². The highest BCUT2D eigenvalue weighted by Gasteiger charge is 2.27. The van der Waals surface area contributed by atoms with Crippen molar-refractivity contribution in [2.75, 3.05) is 31.1 Å². The number of nitrogens with zero attached hydrogens (tertiary/aromatic N) is 6. The van der Waals surface area contributed by atoms with E-state index in [4.69, 9.17) is 16.6 Å². The number of amides is 1. The first kappa shape index (κ1) is 21.6. The summed E-state index contributed by atoms with van der Waals surface area (Å²) in [6.45, 7) is 6.91. The molecule has 4 aromatic rings. The van der Waals surface area contributed by atoms with E-state index in [9.17, 15) is 4.79 Å². The van der Waals surface area contributed by atoms with Gasteiger partial charge in [0.05, 0.1) is 11.4 Å². The molecule has 0 saturated carbocycles. The van der Waals surface area contributed by atoms with E-state index in [1.165, 1.54) is 0 Å².